The van der Waals surface area contributed by atoms with Crippen molar-refractivity contribution in [3.8, 4) is 0 Å². The molecule has 0 radical (unpaired) electrons. The molecule has 1 aliphatic rings. The highest BCUT2D eigenvalue weighted by molar-refractivity contribution is 5.94. The second-order valence-corrected chi connectivity index (χ2v) is 8.36. The Morgan fingerprint density at radius 3 is 2.34 bits per heavy atom. The lowest BCUT2D eigenvalue weighted by atomic mass is 9.91. The number of nitrogens with zero attached hydrogens (tertiary/aromatic N) is 3. The SMILES string of the molecule is CCOC(=O)c1cc(C(C)(C)C)n(C2CCN(C(=O)c3ccc(F)cc3)CC2)n1. The molecular formula is C22H28FN3O3. The van der Waals surface area contributed by atoms with Gasteiger partial charge in [0.1, 0.15) is 5.82 Å². The molecule has 1 amide bonds. The number of ether oxygens (including phenoxy) is 1. The maximum Gasteiger partial charge on any atom is 0.358 e. The minimum atomic E-state index is -0.416. The van der Waals surface area contributed by atoms with Crippen molar-refractivity contribution in [2.45, 2.75) is 52.0 Å². The molecule has 29 heavy (non-hydrogen) atoms. The number of hydrogen-bond acceptors (Lipinski definition) is 4. The monoisotopic (exact) mass is 401 g/mol. The number of carbonyl (C=O) groups excluding carboxylic acids is 2. The maximum absolute atomic E-state index is 13.1. The molecular weight excluding hydrogens is 373 g/mol. The summed E-state index contributed by atoms with van der Waals surface area (Å²) in [5.41, 5.74) is 1.60. The van der Waals surface area contributed by atoms with Gasteiger partial charge in [0.25, 0.3) is 5.91 Å². The number of halogens is 1. The second kappa shape index (κ2) is 8.35. The van der Waals surface area contributed by atoms with Crippen LogP contribution in [-0.4, -0.2) is 46.3 Å². The van der Waals surface area contributed by atoms with Crippen molar-refractivity contribution >= 4 is 11.9 Å². The summed E-state index contributed by atoms with van der Waals surface area (Å²) in [6, 6.07) is 7.55. The van der Waals surface area contributed by atoms with Crippen LogP contribution in [0, 0.1) is 5.82 Å². The molecule has 1 aromatic heterocycles. The Kier molecular flexibility index (Phi) is 6.05. The summed E-state index contributed by atoms with van der Waals surface area (Å²) >= 11 is 0. The third-order valence-electron chi connectivity index (χ3n) is 5.18. The van der Waals surface area contributed by atoms with Gasteiger partial charge in [-0.2, -0.15) is 5.10 Å². The zero-order valence-electron chi connectivity index (χ0n) is 17.4. The number of esters is 1. The van der Waals surface area contributed by atoms with Crippen LogP contribution in [0.25, 0.3) is 0 Å². The van der Waals surface area contributed by atoms with Crippen LogP contribution in [0.1, 0.15) is 73.1 Å². The maximum atomic E-state index is 13.1. The minimum Gasteiger partial charge on any atom is -0.461 e. The number of piperidine rings is 1. The number of likely N-dealkylation sites (tertiary alicyclic amines) is 1. The zero-order chi connectivity index (χ0) is 21.2. The second-order valence-electron chi connectivity index (χ2n) is 8.36. The predicted octanol–water partition coefficient (Wildman–Crippen LogP) is 3.97. The lowest BCUT2D eigenvalue weighted by Gasteiger charge is -2.34. The first-order chi connectivity index (χ1) is 13.7. The molecule has 1 aliphatic heterocycles. The molecule has 0 aliphatic carbocycles. The molecule has 0 bridgehead atoms. The third kappa shape index (κ3) is 4.66. The fourth-order valence-corrected chi connectivity index (χ4v) is 3.63. The van der Waals surface area contributed by atoms with E-state index in [1.54, 1.807) is 11.8 Å². The molecule has 2 heterocycles. The van der Waals surface area contributed by atoms with Crippen LogP contribution in [-0.2, 0) is 10.2 Å². The summed E-state index contributed by atoms with van der Waals surface area (Å²) in [6.07, 6.45) is 1.47. The van der Waals surface area contributed by atoms with Crippen molar-refractivity contribution in [3.63, 3.8) is 0 Å². The molecule has 3 rings (SSSR count). The lowest BCUT2D eigenvalue weighted by molar-refractivity contribution is 0.0517. The molecule has 156 valence electrons. The van der Waals surface area contributed by atoms with Crippen LogP contribution in [0.3, 0.4) is 0 Å². The first-order valence-corrected chi connectivity index (χ1v) is 10.0. The van der Waals surface area contributed by atoms with Gasteiger partial charge in [-0.05, 0) is 50.1 Å². The van der Waals surface area contributed by atoms with E-state index in [1.165, 1.54) is 24.3 Å². The van der Waals surface area contributed by atoms with Gasteiger partial charge in [-0.15, -0.1) is 0 Å². The predicted molar refractivity (Wildman–Crippen MR) is 107 cm³/mol. The van der Waals surface area contributed by atoms with Gasteiger partial charge in [0, 0.05) is 29.8 Å². The van der Waals surface area contributed by atoms with E-state index < -0.39 is 5.97 Å². The third-order valence-corrected chi connectivity index (χ3v) is 5.18. The first-order valence-electron chi connectivity index (χ1n) is 10.0. The average Bonchev–Trinajstić information content (AvgIpc) is 3.14. The van der Waals surface area contributed by atoms with Crippen molar-refractivity contribution in [1.82, 2.24) is 14.7 Å². The van der Waals surface area contributed by atoms with Gasteiger partial charge in [-0.25, -0.2) is 9.18 Å². The fourth-order valence-electron chi connectivity index (χ4n) is 3.63. The van der Waals surface area contributed by atoms with E-state index in [9.17, 15) is 14.0 Å². The van der Waals surface area contributed by atoms with Gasteiger partial charge in [0.2, 0.25) is 0 Å². The Bertz CT molecular complexity index is 876. The van der Waals surface area contributed by atoms with Gasteiger partial charge in [-0.1, -0.05) is 20.8 Å². The Morgan fingerprint density at radius 1 is 1.17 bits per heavy atom. The van der Waals surface area contributed by atoms with E-state index in [2.05, 4.69) is 25.9 Å². The smallest absolute Gasteiger partial charge is 0.358 e. The van der Waals surface area contributed by atoms with E-state index in [-0.39, 0.29) is 23.2 Å². The summed E-state index contributed by atoms with van der Waals surface area (Å²) in [5, 5.41) is 4.55. The molecule has 0 N–H and O–H groups in total. The van der Waals surface area contributed by atoms with Crippen LogP contribution < -0.4 is 0 Å². The van der Waals surface area contributed by atoms with Crippen molar-refractivity contribution in [1.29, 1.82) is 0 Å². The number of hydrogen-bond donors (Lipinski definition) is 0. The Balaban J connectivity index is 1.75. The largest absolute Gasteiger partial charge is 0.461 e. The molecule has 6 nitrogen and oxygen atoms in total. The molecule has 0 saturated carbocycles. The quantitative estimate of drug-likeness (QED) is 0.727. The number of benzene rings is 1. The van der Waals surface area contributed by atoms with Gasteiger partial charge < -0.3 is 9.64 Å². The van der Waals surface area contributed by atoms with Crippen LogP contribution >= 0.6 is 0 Å². The molecule has 1 saturated heterocycles. The van der Waals surface area contributed by atoms with Gasteiger partial charge in [-0.3, -0.25) is 9.48 Å². The van der Waals surface area contributed by atoms with Gasteiger partial charge >= 0.3 is 5.97 Å². The first kappa shape index (κ1) is 21.0. The lowest BCUT2D eigenvalue weighted by Crippen LogP contribution is -2.40. The molecule has 2 aromatic rings. The molecule has 7 heteroatoms. The number of aromatic nitrogens is 2. The Labute approximate surface area is 170 Å². The van der Waals surface area contributed by atoms with Crippen molar-refractivity contribution in [2.75, 3.05) is 19.7 Å². The number of carbonyl (C=O) groups is 2. The van der Waals surface area contributed by atoms with E-state index in [4.69, 9.17) is 4.74 Å². The highest BCUT2D eigenvalue weighted by atomic mass is 19.1. The van der Waals surface area contributed by atoms with E-state index >= 15 is 0 Å². The summed E-state index contributed by atoms with van der Waals surface area (Å²) in [7, 11) is 0. The zero-order valence-corrected chi connectivity index (χ0v) is 17.4. The standard InChI is InChI=1S/C22H28FN3O3/c1-5-29-21(28)18-14-19(22(2,3)4)26(24-18)17-10-12-25(13-11-17)20(27)15-6-8-16(23)9-7-15/h6-9,14,17H,5,10-13H2,1-4H3. The van der Waals surface area contributed by atoms with E-state index in [0.717, 1.165) is 18.5 Å². The van der Waals surface area contributed by atoms with Crippen molar-refractivity contribution in [3.05, 3.63) is 53.1 Å². The topological polar surface area (TPSA) is 64.4 Å². The molecule has 0 atom stereocenters. The van der Waals surface area contributed by atoms with E-state index in [1.807, 2.05) is 10.7 Å². The Hall–Kier alpha value is -2.70. The summed E-state index contributed by atoms with van der Waals surface area (Å²) in [6.45, 7) is 9.50. The summed E-state index contributed by atoms with van der Waals surface area (Å²) in [5.74, 6) is -0.862. The molecule has 0 unspecified atom stereocenters. The van der Waals surface area contributed by atoms with Crippen LogP contribution in [0.15, 0.2) is 30.3 Å². The summed E-state index contributed by atoms with van der Waals surface area (Å²) in [4.78, 5) is 26.6. The van der Waals surface area contributed by atoms with Crippen molar-refractivity contribution in [2.24, 2.45) is 0 Å². The molecule has 0 spiro atoms. The average molecular weight is 401 g/mol. The minimum absolute atomic E-state index is 0.0906. The summed E-state index contributed by atoms with van der Waals surface area (Å²) < 4.78 is 20.1. The molecule has 1 aromatic carbocycles. The normalized spacial score (nSPS) is 15.4. The van der Waals surface area contributed by atoms with Gasteiger partial charge in [0.15, 0.2) is 5.69 Å². The highest BCUT2D eigenvalue weighted by Crippen LogP contribution is 2.31. The molecule has 1 fully saturated rings. The van der Waals surface area contributed by atoms with Crippen LogP contribution in [0.5, 0.6) is 0 Å². The fraction of sp³-hybridized carbons (Fsp3) is 0.500. The Morgan fingerprint density at radius 2 is 1.79 bits per heavy atom. The van der Waals surface area contributed by atoms with Crippen LogP contribution in [0.4, 0.5) is 4.39 Å². The number of amides is 1. The van der Waals surface area contributed by atoms with E-state index in [0.29, 0.717) is 31.0 Å². The van der Waals surface area contributed by atoms with Crippen LogP contribution in [0.2, 0.25) is 0 Å². The van der Waals surface area contributed by atoms with Crippen molar-refractivity contribution < 1.29 is 18.7 Å². The van der Waals surface area contributed by atoms with Gasteiger partial charge in [0.05, 0.1) is 12.6 Å². The number of rotatable bonds is 4. The highest BCUT2D eigenvalue weighted by Gasteiger charge is 2.31.